The smallest absolute Gasteiger partial charge is 0.330 e. The Morgan fingerprint density at radius 3 is 1.78 bits per heavy atom. The molecule has 1 aromatic heterocycles. The topological polar surface area (TPSA) is 53.3 Å². The highest BCUT2D eigenvalue weighted by Gasteiger charge is 2.38. The average molecular weight is 652 g/mol. The summed E-state index contributed by atoms with van der Waals surface area (Å²) in [7, 11) is 1.40. The standard InChI is InChI=1S/C29H34F9N7/c1-5-25(44-10-8-43(9-11-44)18(2)3)24-7-6-21(27(30,31)32)14-20(24)17-45(26-39-41-42(4)40-26)16-19-12-22(28(33,34)35)15-23(13-19)29(36,37)38/h6-7,12-15,18,25H,5,8-11,16-17H2,1-4H3. The van der Waals surface area contributed by atoms with E-state index in [9.17, 15) is 39.5 Å². The predicted molar refractivity (Wildman–Crippen MR) is 148 cm³/mol. The fraction of sp³-hybridized carbons (Fsp3) is 0.552. The maximum Gasteiger partial charge on any atom is 0.416 e. The number of alkyl halides is 9. The number of halogens is 9. The minimum atomic E-state index is -5.08. The zero-order valence-electron chi connectivity index (χ0n) is 25.1. The van der Waals surface area contributed by atoms with E-state index in [1.165, 1.54) is 18.0 Å². The van der Waals surface area contributed by atoms with E-state index in [1.54, 1.807) is 0 Å². The van der Waals surface area contributed by atoms with Gasteiger partial charge in [-0.2, -0.15) is 44.3 Å². The second-order valence-corrected chi connectivity index (χ2v) is 11.4. The molecule has 1 fully saturated rings. The molecule has 0 spiro atoms. The van der Waals surface area contributed by atoms with Crippen LogP contribution in [0.1, 0.15) is 66.6 Å². The number of benzene rings is 2. The van der Waals surface area contributed by atoms with Crippen LogP contribution in [-0.2, 0) is 38.7 Å². The Hall–Kier alpha value is -3.40. The molecular weight excluding hydrogens is 617 g/mol. The maximum absolute atomic E-state index is 13.9. The molecule has 1 saturated heterocycles. The van der Waals surface area contributed by atoms with E-state index in [4.69, 9.17) is 0 Å². The van der Waals surface area contributed by atoms with Gasteiger partial charge in [-0.25, -0.2) is 0 Å². The second-order valence-electron chi connectivity index (χ2n) is 11.4. The molecule has 4 rings (SSSR count). The van der Waals surface area contributed by atoms with Gasteiger partial charge < -0.3 is 4.90 Å². The quantitative estimate of drug-likeness (QED) is 0.234. The molecule has 1 unspecified atom stereocenters. The Kier molecular flexibility index (Phi) is 10.1. The molecule has 248 valence electrons. The number of tetrazole rings is 1. The largest absolute Gasteiger partial charge is 0.416 e. The molecule has 7 nitrogen and oxygen atoms in total. The van der Waals surface area contributed by atoms with Crippen LogP contribution in [-0.4, -0.2) is 62.2 Å². The summed E-state index contributed by atoms with van der Waals surface area (Å²) in [4.78, 5) is 6.73. The van der Waals surface area contributed by atoms with Crippen molar-refractivity contribution in [3.8, 4) is 0 Å². The Labute approximate surface area is 254 Å². The normalized spacial score (nSPS) is 16.4. The number of nitrogens with zero attached hydrogens (tertiary/aromatic N) is 7. The molecule has 0 aliphatic carbocycles. The fourth-order valence-corrected chi connectivity index (χ4v) is 5.62. The molecule has 1 aliphatic rings. The second kappa shape index (κ2) is 13.1. The lowest BCUT2D eigenvalue weighted by atomic mass is 9.93. The van der Waals surface area contributed by atoms with Gasteiger partial charge in [-0.15, -0.1) is 5.10 Å². The van der Waals surface area contributed by atoms with Crippen LogP contribution in [0.15, 0.2) is 36.4 Å². The van der Waals surface area contributed by atoms with Gasteiger partial charge in [0, 0.05) is 51.4 Å². The summed E-state index contributed by atoms with van der Waals surface area (Å²) in [6, 6.07) is 4.57. The van der Waals surface area contributed by atoms with Crippen molar-refractivity contribution in [3.63, 3.8) is 0 Å². The van der Waals surface area contributed by atoms with E-state index in [-0.39, 0.29) is 35.7 Å². The van der Waals surface area contributed by atoms with Crippen LogP contribution in [0.25, 0.3) is 0 Å². The van der Waals surface area contributed by atoms with Gasteiger partial charge in [0.1, 0.15) is 0 Å². The van der Waals surface area contributed by atoms with Gasteiger partial charge in [0.15, 0.2) is 0 Å². The fourth-order valence-electron chi connectivity index (χ4n) is 5.62. The van der Waals surface area contributed by atoms with Crippen molar-refractivity contribution >= 4 is 5.95 Å². The zero-order chi connectivity index (χ0) is 33.3. The Morgan fingerprint density at radius 1 is 0.756 bits per heavy atom. The monoisotopic (exact) mass is 651 g/mol. The number of rotatable bonds is 9. The first-order chi connectivity index (χ1) is 20.9. The molecule has 0 saturated carbocycles. The number of piperazine rings is 1. The van der Waals surface area contributed by atoms with E-state index in [1.807, 2.05) is 6.92 Å². The van der Waals surface area contributed by atoms with E-state index in [0.29, 0.717) is 43.2 Å². The van der Waals surface area contributed by atoms with Gasteiger partial charge >= 0.3 is 18.5 Å². The summed E-state index contributed by atoms with van der Waals surface area (Å²) in [6.45, 7) is 8.01. The summed E-state index contributed by atoms with van der Waals surface area (Å²) in [6.07, 6.45) is -14.3. The van der Waals surface area contributed by atoms with Gasteiger partial charge in [-0.3, -0.25) is 9.80 Å². The highest BCUT2D eigenvalue weighted by Crippen LogP contribution is 2.38. The first-order valence-electron chi connectivity index (χ1n) is 14.3. The first-order valence-corrected chi connectivity index (χ1v) is 14.3. The Morgan fingerprint density at radius 2 is 1.31 bits per heavy atom. The molecule has 0 radical (unpaired) electrons. The van der Waals surface area contributed by atoms with Crippen LogP contribution in [0, 0.1) is 0 Å². The van der Waals surface area contributed by atoms with Crippen molar-refractivity contribution in [2.45, 2.75) is 70.9 Å². The predicted octanol–water partition coefficient (Wildman–Crippen LogP) is 6.95. The Bertz CT molecular complexity index is 1410. The molecule has 2 aromatic carbocycles. The summed E-state index contributed by atoms with van der Waals surface area (Å²) in [5.41, 5.74) is -3.58. The summed E-state index contributed by atoms with van der Waals surface area (Å²) in [5, 5.41) is 11.7. The summed E-state index contributed by atoms with van der Waals surface area (Å²) >= 11 is 0. The molecule has 0 bridgehead atoms. The summed E-state index contributed by atoms with van der Waals surface area (Å²) < 4.78 is 123. The van der Waals surface area contributed by atoms with Crippen molar-refractivity contribution < 1.29 is 39.5 Å². The van der Waals surface area contributed by atoms with Gasteiger partial charge in [0.2, 0.25) is 0 Å². The first kappa shape index (κ1) is 34.5. The van der Waals surface area contributed by atoms with Gasteiger partial charge in [-0.1, -0.05) is 18.1 Å². The lowest BCUT2D eigenvalue weighted by Crippen LogP contribution is -2.49. The maximum atomic E-state index is 13.9. The molecule has 45 heavy (non-hydrogen) atoms. The van der Waals surface area contributed by atoms with Crippen molar-refractivity contribution in [1.29, 1.82) is 0 Å². The SMILES string of the molecule is CCC(c1ccc(C(F)(F)F)cc1CN(Cc1cc(C(F)(F)F)cc(C(F)(F)F)c1)c1nnn(C)n1)N1CCN(C(C)C)CC1. The third-order valence-corrected chi connectivity index (χ3v) is 7.90. The molecule has 1 atom stereocenters. The lowest BCUT2D eigenvalue weighted by molar-refractivity contribution is -0.143. The van der Waals surface area contributed by atoms with Crippen LogP contribution in [0.3, 0.4) is 0 Å². The molecule has 16 heteroatoms. The van der Waals surface area contributed by atoms with Crippen LogP contribution >= 0.6 is 0 Å². The van der Waals surface area contributed by atoms with Crippen molar-refractivity contribution in [3.05, 3.63) is 69.8 Å². The van der Waals surface area contributed by atoms with E-state index in [2.05, 4.69) is 39.1 Å². The molecular formula is C29H34F9N7. The summed E-state index contributed by atoms with van der Waals surface area (Å²) in [5.74, 6) is -0.176. The van der Waals surface area contributed by atoms with Gasteiger partial charge in [-0.05, 0) is 72.5 Å². The van der Waals surface area contributed by atoms with Gasteiger partial charge in [0.05, 0.1) is 23.7 Å². The van der Waals surface area contributed by atoms with E-state index >= 15 is 0 Å². The van der Waals surface area contributed by atoms with Crippen molar-refractivity contribution in [2.24, 2.45) is 7.05 Å². The van der Waals surface area contributed by atoms with Crippen molar-refractivity contribution in [1.82, 2.24) is 30.0 Å². The number of anilines is 1. The molecule has 0 amide bonds. The van der Waals surface area contributed by atoms with E-state index < -0.39 is 41.8 Å². The molecule has 2 heterocycles. The average Bonchev–Trinajstić information content (AvgIpc) is 3.38. The highest BCUT2D eigenvalue weighted by atomic mass is 19.4. The van der Waals surface area contributed by atoms with Crippen LogP contribution in [0.5, 0.6) is 0 Å². The van der Waals surface area contributed by atoms with Gasteiger partial charge in [0.25, 0.3) is 5.95 Å². The third kappa shape index (κ3) is 8.45. The lowest BCUT2D eigenvalue weighted by Gasteiger charge is -2.41. The number of aryl methyl sites for hydroxylation is 1. The van der Waals surface area contributed by atoms with Crippen LogP contribution in [0.4, 0.5) is 45.5 Å². The van der Waals surface area contributed by atoms with E-state index in [0.717, 1.165) is 30.0 Å². The van der Waals surface area contributed by atoms with Crippen LogP contribution < -0.4 is 4.90 Å². The van der Waals surface area contributed by atoms with Crippen molar-refractivity contribution in [2.75, 3.05) is 31.1 Å². The Balaban J connectivity index is 1.78. The zero-order valence-corrected chi connectivity index (χ0v) is 25.1. The number of aromatic nitrogens is 4. The number of hydrogen-bond acceptors (Lipinski definition) is 6. The minimum Gasteiger partial charge on any atom is -0.330 e. The molecule has 0 N–H and O–H groups in total. The number of hydrogen-bond donors (Lipinski definition) is 0. The molecule has 3 aromatic rings. The minimum absolute atomic E-state index is 0.0181. The highest BCUT2D eigenvalue weighted by molar-refractivity contribution is 5.42. The third-order valence-electron chi connectivity index (χ3n) is 7.90. The van der Waals surface area contributed by atoms with Crippen LogP contribution in [0.2, 0.25) is 0 Å². The molecule has 1 aliphatic heterocycles.